The Bertz CT molecular complexity index is 710. The lowest BCUT2D eigenvalue weighted by Gasteiger charge is -1.98. The molecule has 0 amide bonds. The molecule has 3 nitrogen and oxygen atoms in total. The maximum atomic E-state index is 11.9. The Morgan fingerprint density at radius 1 is 1.47 bits per heavy atom. The summed E-state index contributed by atoms with van der Waals surface area (Å²) < 4.78 is 0. The van der Waals surface area contributed by atoms with E-state index in [0.29, 0.717) is 0 Å². The van der Waals surface area contributed by atoms with E-state index >= 15 is 0 Å². The summed E-state index contributed by atoms with van der Waals surface area (Å²) in [6, 6.07) is 4.06. The molecule has 86 valence electrons. The van der Waals surface area contributed by atoms with Crippen LogP contribution in [0.2, 0.25) is 0 Å². The van der Waals surface area contributed by atoms with Crippen LogP contribution in [-0.4, -0.2) is 9.97 Å². The highest BCUT2D eigenvalue weighted by Crippen LogP contribution is 2.38. The van der Waals surface area contributed by atoms with Crippen LogP contribution in [0.15, 0.2) is 28.6 Å². The van der Waals surface area contributed by atoms with Crippen molar-refractivity contribution >= 4 is 32.9 Å². The van der Waals surface area contributed by atoms with Crippen LogP contribution in [0, 0.1) is 0 Å². The largest absolute Gasteiger partial charge is 0.313 e. The van der Waals surface area contributed by atoms with Gasteiger partial charge in [-0.3, -0.25) is 4.79 Å². The molecule has 3 aromatic heterocycles. The number of fused-ring (bicyclic) bond motifs is 1. The Morgan fingerprint density at radius 3 is 3.06 bits per heavy atom. The normalized spacial score (nSPS) is 11.1. The average Bonchev–Trinajstić information content (AvgIpc) is 2.95. The predicted octanol–water partition coefficient (Wildman–Crippen LogP) is 3.28. The third-order valence-electron chi connectivity index (χ3n) is 2.66. The van der Waals surface area contributed by atoms with E-state index in [1.165, 1.54) is 11.2 Å². The highest BCUT2D eigenvalue weighted by Gasteiger charge is 2.16. The van der Waals surface area contributed by atoms with E-state index in [-0.39, 0.29) is 5.56 Å². The number of thiophene rings is 2. The first kappa shape index (κ1) is 10.7. The van der Waals surface area contributed by atoms with Crippen LogP contribution >= 0.6 is 22.7 Å². The lowest BCUT2D eigenvalue weighted by Crippen LogP contribution is -2.05. The number of H-pyrrole nitrogens is 1. The third-order valence-corrected chi connectivity index (χ3v) is 4.79. The molecular weight excluding hydrogens is 252 g/mol. The van der Waals surface area contributed by atoms with E-state index in [1.54, 1.807) is 22.7 Å². The fraction of sp³-hybridized carbons (Fsp3) is 0.167. The molecule has 0 aliphatic heterocycles. The van der Waals surface area contributed by atoms with Crippen LogP contribution in [0.3, 0.4) is 0 Å². The summed E-state index contributed by atoms with van der Waals surface area (Å²) in [5, 5.41) is 2.76. The van der Waals surface area contributed by atoms with Crippen LogP contribution in [0.1, 0.15) is 11.8 Å². The average molecular weight is 262 g/mol. The monoisotopic (exact) mass is 262 g/mol. The molecule has 0 aromatic carbocycles. The van der Waals surface area contributed by atoms with Gasteiger partial charge in [-0.25, -0.2) is 4.98 Å². The van der Waals surface area contributed by atoms with Gasteiger partial charge >= 0.3 is 0 Å². The zero-order valence-corrected chi connectivity index (χ0v) is 10.8. The minimum Gasteiger partial charge on any atom is -0.313 e. The summed E-state index contributed by atoms with van der Waals surface area (Å²) in [7, 11) is 0. The fourth-order valence-electron chi connectivity index (χ4n) is 1.92. The lowest BCUT2D eigenvalue weighted by atomic mass is 10.1. The fourth-order valence-corrected chi connectivity index (χ4v) is 3.88. The molecule has 3 heterocycles. The quantitative estimate of drug-likeness (QED) is 0.770. The molecule has 0 saturated carbocycles. The summed E-state index contributed by atoms with van der Waals surface area (Å²) in [5.41, 5.74) is 1.02. The van der Waals surface area contributed by atoms with E-state index in [9.17, 15) is 4.79 Å². The minimum atomic E-state index is -0.0469. The van der Waals surface area contributed by atoms with Gasteiger partial charge in [0.25, 0.3) is 5.56 Å². The number of rotatable bonds is 2. The molecule has 0 radical (unpaired) electrons. The van der Waals surface area contributed by atoms with Crippen molar-refractivity contribution < 1.29 is 0 Å². The van der Waals surface area contributed by atoms with E-state index in [0.717, 1.165) is 27.1 Å². The van der Waals surface area contributed by atoms with Crippen molar-refractivity contribution in [1.82, 2.24) is 9.97 Å². The molecule has 1 N–H and O–H groups in total. The Balaban J connectivity index is 2.46. The number of hydrogen-bond acceptors (Lipinski definition) is 4. The van der Waals surface area contributed by atoms with Crippen molar-refractivity contribution in [2.45, 2.75) is 13.3 Å². The molecule has 5 heteroatoms. The van der Waals surface area contributed by atoms with Gasteiger partial charge in [0.2, 0.25) is 0 Å². The molecule has 0 saturated heterocycles. The van der Waals surface area contributed by atoms with E-state index < -0.39 is 0 Å². The zero-order valence-electron chi connectivity index (χ0n) is 9.19. The second kappa shape index (κ2) is 4.09. The minimum absolute atomic E-state index is 0.0469. The first-order valence-corrected chi connectivity index (χ1v) is 7.03. The van der Waals surface area contributed by atoms with E-state index in [4.69, 9.17) is 0 Å². The van der Waals surface area contributed by atoms with Crippen molar-refractivity contribution in [2.75, 3.05) is 0 Å². The number of hydrogen-bond donors (Lipinski definition) is 1. The summed E-state index contributed by atoms with van der Waals surface area (Å²) in [4.78, 5) is 22.0. The zero-order chi connectivity index (χ0) is 11.8. The van der Waals surface area contributed by atoms with Crippen LogP contribution in [0.25, 0.3) is 20.7 Å². The Labute approximate surface area is 106 Å². The van der Waals surface area contributed by atoms with E-state index in [1.807, 2.05) is 11.4 Å². The molecule has 3 aromatic rings. The molecule has 3 rings (SSSR count). The van der Waals surface area contributed by atoms with Crippen LogP contribution in [-0.2, 0) is 6.42 Å². The van der Waals surface area contributed by atoms with Gasteiger partial charge in [0.15, 0.2) is 0 Å². The SMILES string of the molecule is CCc1sc2nc[nH]c(=O)c2c1-c1cccs1. The van der Waals surface area contributed by atoms with Crippen molar-refractivity contribution in [1.29, 1.82) is 0 Å². The van der Waals surface area contributed by atoms with E-state index in [2.05, 4.69) is 23.0 Å². The van der Waals surface area contributed by atoms with Crippen molar-refractivity contribution in [3.63, 3.8) is 0 Å². The highest BCUT2D eigenvalue weighted by atomic mass is 32.1. The molecule has 0 aliphatic carbocycles. The lowest BCUT2D eigenvalue weighted by molar-refractivity contribution is 1.18. The van der Waals surface area contributed by atoms with Gasteiger partial charge in [0, 0.05) is 15.3 Å². The molecule has 0 unspecified atom stereocenters. The standard InChI is InChI=1S/C12H10N2OS2/c1-2-7-9(8-4-3-5-16-8)10-11(15)13-6-14-12(10)17-7/h3-6H,2H2,1H3,(H,13,14,15). The highest BCUT2D eigenvalue weighted by molar-refractivity contribution is 7.20. The number of aromatic amines is 1. The maximum absolute atomic E-state index is 11.9. The van der Waals surface area contributed by atoms with Crippen LogP contribution in [0.5, 0.6) is 0 Å². The Hall–Kier alpha value is -1.46. The summed E-state index contributed by atoms with van der Waals surface area (Å²) in [6.45, 7) is 2.11. The van der Waals surface area contributed by atoms with Gasteiger partial charge in [-0.2, -0.15) is 0 Å². The summed E-state index contributed by atoms with van der Waals surface area (Å²) in [6.07, 6.45) is 2.40. The Morgan fingerprint density at radius 2 is 2.35 bits per heavy atom. The van der Waals surface area contributed by atoms with Gasteiger partial charge in [0.1, 0.15) is 4.83 Å². The molecule has 0 fully saturated rings. The summed E-state index contributed by atoms with van der Waals surface area (Å²) in [5.74, 6) is 0. The van der Waals surface area contributed by atoms with Gasteiger partial charge in [-0.15, -0.1) is 22.7 Å². The first-order chi connectivity index (χ1) is 8.31. The maximum Gasteiger partial charge on any atom is 0.260 e. The first-order valence-electron chi connectivity index (χ1n) is 5.34. The second-order valence-corrected chi connectivity index (χ2v) is 5.67. The third kappa shape index (κ3) is 1.62. The van der Waals surface area contributed by atoms with Crippen molar-refractivity contribution in [3.8, 4) is 10.4 Å². The molecule has 0 bridgehead atoms. The predicted molar refractivity (Wildman–Crippen MR) is 72.9 cm³/mol. The second-order valence-electron chi connectivity index (χ2n) is 3.64. The van der Waals surface area contributed by atoms with Gasteiger partial charge in [-0.05, 0) is 17.9 Å². The van der Waals surface area contributed by atoms with Gasteiger partial charge in [0.05, 0.1) is 11.7 Å². The smallest absolute Gasteiger partial charge is 0.260 e. The van der Waals surface area contributed by atoms with Gasteiger partial charge < -0.3 is 4.98 Å². The molecule has 0 atom stereocenters. The van der Waals surface area contributed by atoms with Crippen LogP contribution in [0.4, 0.5) is 0 Å². The molecule has 0 aliphatic rings. The molecule has 0 spiro atoms. The molecular formula is C12H10N2OS2. The number of nitrogens with zero attached hydrogens (tertiary/aromatic N) is 1. The topological polar surface area (TPSA) is 45.8 Å². The number of nitrogens with one attached hydrogen (secondary N) is 1. The number of aromatic nitrogens is 2. The van der Waals surface area contributed by atoms with Crippen molar-refractivity contribution in [2.24, 2.45) is 0 Å². The number of aryl methyl sites for hydroxylation is 1. The van der Waals surface area contributed by atoms with Gasteiger partial charge in [-0.1, -0.05) is 13.0 Å². The van der Waals surface area contributed by atoms with Crippen molar-refractivity contribution in [3.05, 3.63) is 39.1 Å². The molecule has 17 heavy (non-hydrogen) atoms. The Kier molecular flexibility index (Phi) is 2.57. The summed E-state index contributed by atoms with van der Waals surface area (Å²) >= 11 is 3.27. The van der Waals surface area contributed by atoms with Crippen LogP contribution < -0.4 is 5.56 Å².